The summed E-state index contributed by atoms with van der Waals surface area (Å²) in [6, 6.07) is 1.90. The maximum absolute atomic E-state index is 8.80. The largest absolute Gasteiger partial charge is 0.396 e. The average molecular weight is 253 g/mol. The first-order chi connectivity index (χ1) is 8.81. The van der Waals surface area contributed by atoms with E-state index in [0.717, 1.165) is 31.7 Å². The predicted molar refractivity (Wildman–Crippen MR) is 73.8 cm³/mol. The summed E-state index contributed by atoms with van der Waals surface area (Å²) in [4.78, 5) is 10.8. The maximum atomic E-state index is 8.80. The second kappa shape index (κ2) is 8.66. The van der Waals surface area contributed by atoms with E-state index < -0.39 is 0 Å². The molecule has 0 atom stereocenters. The van der Waals surface area contributed by atoms with Crippen molar-refractivity contribution in [2.24, 2.45) is 5.73 Å². The first-order valence-electron chi connectivity index (χ1n) is 6.44. The van der Waals surface area contributed by atoms with Gasteiger partial charge in [0.05, 0.1) is 0 Å². The zero-order valence-corrected chi connectivity index (χ0v) is 11.0. The van der Waals surface area contributed by atoms with Crippen molar-refractivity contribution in [1.82, 2.24) is 9.97 Å². The van der Waals surface area contributed by atoms with E-state index in [0.29, 0.717) is 19.0 Å². The standard InChI is InChI=1S/C12H23N5O/c1-2-17(9-3-4-10-18)11-5-7-14-12(16-11)15-8-6-13/h5,7,18H,2-4,6,8-10,13H2,1H3,(H,14,15,16). The fourth-order valence-electron chi connectivity index (χ4n) is 1.64. The van der Waals surface area contributed by atoms with Crippen LogP contribution in [0.4, 0.5) is 11.8 Å². The number of aromatic nitrogens is 2. The van der Waals surface area contributed by atoms with Crippen LogP contribution in [0.5, 0.6) is 0 Å². The lowest BCUT2D eigenvalue weighted by Gasteiger charge is -2.22. The molecular formula is C12H23N5O. The van der Waals surface area contributed by atoms with E-state index in [9.17, 15) is 0 Å². The number of hydrogen-bond acceptors (Lipinski definition) is 6. The molecule has 102 valence electrons. The Labute approximate surface area is 108 Å². The summed E-state index contributed by atoms with van der Waals surface area (Å²) in [6.07, 6.45) is 3.52. The second-order valence-corrected chi connectivity index (χ2v) is 3.96. The topological polar surface area (TPSA) is 87.3 Å². The van der Waals surface area contributed by atoms with Crippen LogP contribution in [-0.2, 0) is 0 Å². The van der Waals surface area contributed by atoms with Crippen molar-refractivity contribution < 1.29 is 5.11 Å². The van der Waals surface area contributed by atoms with Gasteiger partial charge in [0.2, 0.25) is 5.95 Å². The molecule has 1 rings (SSSR count). The van der Waals surface area contributed by atoms with Crippen LogP contribution in [0.1, 0.15) is 19.8 Å². The fraction of sp³-hybridized carbons (Fsp3) is 0.667. The summed E-state index contributed by atoms with van der Waals surface area (Å²) in [5.41, 5.74) is 5.43. The number of nitrogens with two attached hydrogens (primary N) is 1. The lowest BCUT2D eigenvalue weighted by atomic mass is 10.3. The molecular weight excluding hydrogens is 230 g/mol. The zero-order chi connectivity index (χ0) is 13.2. The highest BCUT2D eigenvalue weighted by molar-refractivity contribution is 5.42. The Morgan fingerprint density at radius 1 is 1.44 bits per heavy atom. The molecule has 18 heavy (non-hydrogen) atoms. The molecule has 0 aliphatic rings. The molecule has 0 saturated carbocycles. The Balaban J connectivity index is 2.60. The minimum Gasteiger partial charge on any atom is -0.396 e. The third-order valence-electron chi connectivity index (χ3n) is 2.61. The van der Waals surface area contributed by atoms with E-state index in [1.54, 1.807) is 6.20 Å². The Morgan fingerprint density at radius 2 is 2.28 bits per heavy atom. The number of unbranched alkanes of at least 4 members (excludes halogenated alkanes) is 1. The van der Waals surface area contributed by atoms with Crippen molar-refractivity contribution >= 4 is 11.8 Å². The summed E-state index contributed by atoms with van der Waals surface area (Å²) >= 11 is 0. The lowest BCUT2D eigenvalue weighted by molar-refractivity contribution is 0.285. The van der Waals surface area contributed by atoms with Gasteiger partial charge in [-0.25, -0.2) is 4.98 Å². The van der Waals surface area contributed by atoms with Gasteiger partial charge < -0.3 is 21.1 Å². The van der Waals surface area contributed by atoms with Crippen molar-refractivity contribution in [1.29, 1.82) is 0 Å². The highest BCUT2D eigenvalue weighted by Crippen LogP contribution is 2.12. The molecule has 6 nitrogen and oxygen atoms in total. The molecule has 0 unspecified atom stereocenters. The van der Waals surface area contributed by atoms with Gasteiger partial charge in [-0.05, 0) is 25.8 Å². The predicted octanol–water partition coefficient (Wildman–Crippen LogP) is 0.446. The Hall–Kier alpha value is -1.40. The van der Waals surface area contributed by atoms with E-state index in [4.69, 9.17) is 10.8 Å². The molecule has 0 aliphatic heterocycles. The first-order valence-corrected chi connectivity index (χ1v) is 6.44. The van der Waals surface area contributed by atoms with E-state index in [-0.39, 0.29) is 6.61 Å². The molecule has 1 heterocycles. The first kappa shape index (κ1) is 14.7. The minimum absolute atomic E-state index is 0.241. The average Bonchev–Trinajstić information content (AvgIpc) is 2.42. The number of nitrogens with zero attached hydrogens (tertiary/aromatic N) is 3. The Bertz CT molecular complexity index is 334. The zero-order valence-electron chi connectivity index (χ0n) is 11.0. The molecule has 0 saturated heterocycles. The number of aliphatic hydroxyl groups excluding tert-OH is 1. The van der Waals surface area contributed by atoms with Crippen molar-refractivity contribution in [3.8, 4) is 0 Å². The fourth-order valence-corrected chi connectivity index (χ4v) is 1.64. The summed E-state index contributed by atoms with van der Waals surface area (Å²) in [5.74, 6) is 1.52. The van der Waals surface area contributed by atoms with E-state index in [1.807, 2.05) is 6.07 Å². The van der Waals surface area contributed by atoms with Crippen molar-refractivity contribution in [3.05, 3.63) is 12.3 Å². The van der Waals surface area contributed by atoms with E-state index >= 15 is 0 Å². The van der Waals surface area contributed by atoms with Gasteiger partial charge in [-0.1, -0.05) is 0 Å². The minimum atomic E-state index is 0.241. The van der Waals surface area contributed by atoms with Gasteiger partial charge in [-0.2, -0.15) is 4.98 Å². The number of nitrogens with one attached hydrogen (secondary N) is 1. The van der Waals surface area contributed by atoms with Gasteiger partial charge in [0.15, 0.2) is 0 Å². The van der Waals surface area contributed by atoms with Crippen LogP contribution in [0.25, 0.3) is 0 Å². The van der Waals surface area contributed by atoms with Crippen LogP contribution in [0.15, 0.2) is 12.3 Å². The lowest BCUT2D eigenvalue weighted by Crippen LogP contribution is -2.25. The molecule has 0 bridgehead atoms. The van der Waals surface area contributed by atoms with Crippen LogP contribution < -0.4 is 16.0 Å². The number of aliphatic hydroxyl groups is 1. The SMILES string of the molecule is CCN(CCCCO)c1ccnc(NCCN)n1. The summed E-state index contributed by atoms with van der Waals surface area (Å²) < 4.78 is 0. The normalized spacial score (nSPS) is 10.4. The van der Waals surface area contributed by atoms with Crippen LogP contribution in [0, 0.1) is 0 Å². The molecule has 4 N–H and O–H groups in total. The van der Waals surface area contributed by atoms with Crippen molar-refractivity contribution in [2.75, 3.05) is 43.0 Å². The molecule has 0 fully saturated rings. The molecule has 0 radical (unpaired) electrons. The van der Waals surface area contributed by atoms with E-state index in [2.05, 4.69) is 27.1 Å². The highest BCUT2D eigenvalue weighted by Gasteiger charge is 2.06. The number of anilines is 2. The quantitative estimate of drug-likeness (QED) is 0.554. The molecule has 0 amide bonds. The third-order valence-corrected chi connectivity index (χ3v) is 2.61. The molecule has 0 aromatic carbocycles. The highest BCUT2D eigenvalue weighted by atomic mass is 16.2. The van der Waals surface area contributed by atoms with Gasteiger partial charge in [-0.3, -0.25) is 0 Å². The van der Waals surface area contributed by atoms with Crippen molar-refractivity contribution in [3.63, 3.8) is 0 Å². The second-order valence-electron chi connectivity index (χ2n) is 3.96. The smallest absolute Gasteiger partial charge is 0.224 e. The molecule has 1 aromatic rings. The van der Waals surface area contributed by atoms with Gasteiger partial charge >= 0.3 is 0 Å². The number of rotatable bonds is 9. The Kier molecular flexibility index (Phi) is 7.05. The van der Waals surface area contributed by atoms with Crippen LogP contribution in [0.2, 0.25) is 0 Å². The van der Waals surface area contributed by atoms with E-state index in [1.165, 1.54) is 0 Å². The van der Waals surface area contributed by atoms with Gasteiger partial charge in [0, 0.05) is 39.0 Å². The maximum Gasteiger partial charge on any atom is 0.224 e. The van der Waals surface area contributed by atoms with Gasteiger partial charge in [0.25, 0.3) is 0 Å². The van der Waals surface area contributed by atoms with Crippen LogP contribution in [0.3, 0.4) is 0 Å². The van der Waals surface area contributed by atoms with Gasteiger partial charge in [-0.15, -0.1) is 0 Å². The molecule has 6 heteroatoms. The van der Waals surface area contributed by atoms with Gasteiger partial charge in [0.1, 0.15) is 5.82 Å². The molecule has 0 aliphatic carbocycles. The third kappa shape index (κ3) is 4.85. The van der Waals surface area contributed by atoms with Crippen LogP contribution in [-0.4, -0.2) is 47.9 Å². The van der Waals surface area contributed by atoms with Crippen molar-refractivity contribution in [2.45, 2.75) is 19.8 Å². The summed E-state index contributed by atoms with van der Waals surface area (Å²) in [6.45, 7) is 5.34. The summed E-state index contributed by atoms with van der Waals surface area (Å²) in [7, 11) is 0. The summed E-state index contributed by atoms with van der Waals surface area (Å²) in [5, 5.41) is 11.9. The monoisotopic (exact) mass is 253 g/mol. The number of hydrogen-bond donors (Lipinski definition) is 3. The molecule has 1 aromatic heterocycles. The Morgan fingerprint density at radius 3 is 2.94 bits per heavy atom. The van der Waals surface area contributed by atoms with Crippen LogP contribution >= 0.6 is 0 Å². The molecule has 0 spiro atoms.